The maximum Gasteiger partial charge on any atom is 0.142 e. The lowest BCUT2D eigenvalue weighted by atomic mass is 9.79. The van der Waals surface area contributed by atoms with Crippen molar-refractivity contribution in [3.8, 4) is 11.8 Å². The van der Waals surface area contributed by atoms with Gasteiger partial charge < -0.3 is 0 Å². The fourth-order valence-electron chi connectivity index (χ4n) is 3.64. The molecule has 0 bridgehead atoms. The molecule has 1 aliphatic rings. The second kappa shape index (κ2) is 9.20. The topological polar surface area (TPSA) is 0 Å². The molecule has 1 fully saturated rings. The first-order valence-electron chi connectivity index (χ1n) is 9.43. The highest BCUT2D eigenvalue weighted by Gasteiger charge is 2.19. The normalized spacial score (nSPS) is 19.2. The maximum absolute atomic E-state index is 14.4. The van der Waals surface area contributed by atoms with E-state index in [0.717, 1.165) is 6.42 Å². The lowest BCUT2D eigenvalue weighted by Crippen LogP contribution is -2.13. The molecule has 0 unspecified atom stereocenters. The average molecular weight is 385 g/mol. The minimum atomic E-state index is -0.596. The van der Waals surface area contributed by atoms with Crippen molar-refractivity contribution in [1.82, 2.24) is 0 Å². The highest BCUT2D eigenvalue weighted by Crippen LogP contribution is 2.32. The molecule has 0 nitrogen and oxygen atoms in total. The summed E-state index contributed by atoms with van der Waals surface area (Å²) in [7, 11) is 0. The number of allylic oxidation sites excluding steroid dienone is 1. The van der Waals surface area contributed by atoms with Crippen LogP contribution < -0.4 is 0 Å². The molecular weight excluding hydrogens is 362 g/mol. The van der Waals surface area contributed by atoms with Crippen LogP contribution in [0.25, 0.3) is 0 Å². The number of hydrogen-bond donors (Lipinski definition) is 0. The Morgan fingerprint density at radius 1 is 1.00 bits per heavy atom. The van der Waals surface area contributed by atoms with Crippen LogP contribution in [0.5, 0.6) is 0 Å². The Kier molecular flexibility index (Phi) is 6.69. The fourth-order valence-corrected chi connectivity index (χ4v) is 3.77. The molecule has 140 valence electrons. The van der Waals surface area contributed by atoms with E-state index >= 15 is 0 Å². The van der Waals surface area contributed by atoms with Gasteiger partial charge in [0.1, 0.15) is 11.6 Å². The molecule has 3 rings (SSSR count). The number of hydrogen-bond acceptors (Lipinski definition) is 0. The monoisotopic (exact) mass is 384 g/mol. The van der Waals surface area contributed by atoms with Crippen LogP contribution in [0.1, 0.15) is 48.8 Å². The van der Waals surface area contributed by atoms with E-state index in [-0.39, 0.29) is 5.56 Å². The molecule has 0 amide bonds. The Bertz CT molecular complexity index is 827. The van der Waals surface area contributed by atoms with E-state index in [1.807, 2.05) is 6.08 Å². The molecule has 0 aliphatic heterocycles. The Balaban J connectivity index is 1.65. The third-order valence-electron chi connectivity index (χ3n) is 5.34. The van der Waals surface area contributed by atoms with E-state index in [0.29, 0.717) is 34.4 Å². The number of aryl methyl sites for hydroxylation is 1. The van der Waals surface area contributed by atoms with Crippen LogP contribution in [-0.2, 0) is 6.42 Å². The first kappa shape index (κ1) is 19.6. The van der Waals surface area contributed by atoms with Crippen molar-refractivity contribution < 1.29 is 8.78 Å². The maximum atomic E-state index is 14.4. The quantitative estimate of drug-likeness (QED) is 0.395. The highest BCUT2D eigenvalue weighted by molar-refractivity contribution is 6.30. The number of benzene rings is 2. The van der Waals surface area contributed by atoms with Crippen LogP contribution in [0.3, 0.4) is 0 Å². The standard InChI is InChI=1S/C24H23ClF2/c1-2-17-3-5-18(6-4-17)7-8-20-15-23(26)22(24(27)16-20)14-11-19-9-12-21(25)13-10-19/h2,9-10,12-13,15-18H,1,3-8H2. The van der Waals surface area contributed by atoms with Crippen molar-refractivity contribution in [2.24, 2.45) is 11.8 Å². The molecular formula is C24H23ClF2. The third kappa shape index (κ3) is 5.44. The summed E-state index contributed by atoms with van der Waals surface area (Å²) in [5.41, 5.74) is 1.19. The summed E-state index contributed by atoms with van der Waals surface area (Å²) in [6, 6.07) is 9.68. The summed E-state index contributed by atoms with van der Waals surface area (Å²) in [5.74, 6) is 5.47. The Labute approximate surface area is 165 Å². The minimum Gasteiger partial charge on any atom is -0.206 e. The Morgan fingerprint density at radius 2 is 1.63 bits per heavy atom. The van der Waals surface area contributed by atoms with Gasteiger partial charge in [0.25, 0.3) is 0 Å². The van der Waals surface area contributed by atoms with Gasteiger partial charge in [-0.25, -0.2) is 8.78 Å². The van der Waals surface area contributed by atoms with E-state index in [4.69, 9.17) is 11.6 Å². The molecule has 0 N–H and O–H groups in total. The van der Waals surface area contributed by atoms with Gasteiger partial charge in [-0.3, -0.25) is 0 Å². The van der Waals surface area contributed by atoms with Gasteiger partial charge in [0, 0.05) is 10.6 Å². The van der Waals surface area contributed by atoms with Gasteiger partial charge in [-0.1, -0.05) is 29.5 Å². The van der Waals surface area contributed by atoms with Crippen LogP contribution in [0, 0.1) is 35.3 Å². The minimum absolute atomic E-state index is 0.180. The molecule has 2 aromatic rings. The van der Waals surface area contributed by atoms with Crippen LogP contribution >= 0.6 is 11.6 Å². The summed E-state index contributed by atoms with van der Waals surface area (Å²) < 4.78 is 28.7. The molecule has 0 radical (unpaired) electrons. The summed E-state index contributed by atoms with van der Waals surface area (Å²) in [5, 5.41) is 0.597. The SMILES string of the molecule is C=CC1CCC(CCc2cc(F)c(C#Cc3ccc(Cl)cc3)c(F)c2)CC1. The van der Waals surface area contributed by atoms with E-state index in [9.17, 15) is 8.78 Å². The first-order chi connectivity index (χ1) is 13.0. The Hall–Kier alpha value is -2.11. The zero-order chi connectivity index (χ0) is 19.2. The number of rotatable bonds is 4. The molecule has 3 heteroatoms. The summed E-state index contributed by atoms with van der Waals surface area (Å²) >= 11 is 5.82. The molecule has 0 aromatic heterocycles. The van der Waals surface area contributed by atoms with Gasteiger partial charge in [-0.2, -0.15) is 0 Å². The van der Waals surface area contributed by atoms with Gasteiger partial charge in [0.2, 0.25) is 0 Å². The fraction of sp³-hybridized carbons (Fsp3) is 0.333. The molecule has 1 saturated carbocycles. The zero-order valence-corrected chi connectivity index (χ0v) is 16.0. The predicted molar refractivity (Wildman–Crippen MR) is 108 cm³/mol. The van der Waals surface area contributed by atoms with Crippen molar-refractivity contribution in [2.45, 2.75) is 38.5 Å². The van der Waals surface area contributed by atoms with Crippen molar-refractivity contribution >= 4 is 11.6 Å². The molecule has 27 heavy (non-hydrogen) atoms. The largest absolute Gasteiger partial charge is 0.206 e. The molecule has 0 atom stereocenters. The first-order valence-corrected chi connectivity index (χ1v) is 9.81. The lowest BCUT2D eigenvalue weighted by molar-refractivity contribution is 0.296. The second-order valence-electron chi connectivity index (χ2n) is 7.25. The molecule has 2 aromatic carbocycles. The summed E-state index contributed by atoms with van der Waals surface area (Å²) in [4.78, 5) is 0. The van der Waals surface area contributed by atoms with Crippen LogP contribution in [0.4, 0.5) is 8.78 Å². The van der Waals surface area contributed by atoms with Crippen molar-refractivity contribution in [3.63, 3.8) is 0 Å². The van der Waals surface area contributed by atoms with Gasteiger partial charge in [-0.05, 0) is 92.3 Å². The van der Waals surface area contributed by atoms with Crippen LogP contribution in [0.2, 0.25) is 5.02 Å². The smallest absolute Gasteiger partial charge is 0.142 e. The predicted octanol–water partition coefficient (Wildman–Crippen LogP) is 6.94. The third-order valence-corrected chi connectivity index (χ3v) is 5.60. The van der Waals surface area contributed by atoms with Gasteiger partial charge in [0.05, 0.1) is 5.56 Å². The highest BCUT2D eigenvalue weighted by atomic mass is 35.5. The molecule has 1 aliphatic carbocycles. The lowest BCUT2D eigenvalue weighted by Gasteiger charge is -2.26. The van der Waals surface area contributed by atoms with Gasteiger partial charge >= 0.3 is 0 Å². The molecule has 0 saturated heterocycles. The average Bonchev–Trinajstić information content (AvgIpc) is 2.67. The van der Waals surface area contributed by atoms with Crippen LogP contribution in [0.15, 0.2) is 49.1 Å². The number of halogens is 3. The van der Waals surface area contributed by atoms with Crippen molar-refractivity contribution in [2.75, 3.05) is 0 Å². The van der Waals surface area contributed by atoms with Crippen molar-refractivity contribution in [1.29, 1.82) is 0 Å². The Morgan fingerprint density at radius 3 is 2.22 bits per heavy atom. The van der Waals surface area contributed by atoms with Crippen LogP contribution in [-0.4, -0.2) is 0 Å². The summed E-state index contributed by atoms with van der Waals surface area (Å²) in [6.07, 6.45) is 8.41. The second-order valence-corrected chi connectivity index (χ2v) is 7.68. The van der Waals surface area contributed by atoms with Crippen molar-refractivity contribution in [3.05, 3.63) is 82.4 Å². The zero-order valence-electron chi connectivity index (χ0n) is 15.3. The summed E-state index contributed by atoms with van der Waals surface area (Å²) in [6.45, 7) is 3.87. The molecule has 0 spiro atoms. The van der Waals surface area contributed by atoms with E-state index < -0.39 is 11.6 Å². The van der Waals surface area contributed by atoms with Gasteiger partial charge in [-0.15, -0.1) is 6.58 Å². The van der Waals surface area contributed by atoms with E-state index in [1.54, 1.807) is 24.3 Å². The van der Waals surface area contributed by atoms with E-state index in [2.05, 4.69) is 18.4 Å². The van der Waals surface area contributed by atoms with Gasteiger partial charge in [0.15, 0.2) is 0 Å². The molecule has 0 heterocycles. The van der Waals surface area contributed by atoms with E-state index in [1.165, 1.54) is 37.8 Å².